The number of para-hydroxylation sites is 1. The molecule has 0 amide bonds. The largest absolute Gasteiger partial charge is 0.456 e. The number of hydrogen-bond acceptors (Lipinski definition) is 5. The molecule has 0 bridgehead atoms. The third-order valence-electron chi connectivity index (χ3n) is 9.57. The number of rotatable bonds is 4. The lowest BCUT2D eigenvalue weighted by Crippen LogP contribution is -2.06. The predicted molar refractivity (Wildman–Crippen MR) is 211 cm³/mol. The first-order valence-electron chi connectivity index (χ1n) is 19.0. The summed E-state index contributed by atoms with van der Waals surface area (Å²) >= 11 is 1.74. The maximum absolute atomic E-state index is 8.87. The van der Waals surface area contributed by atoms with E-state index in [2.05, 4.69) is 60.7 Å². The van der Waals surface area contributed by atoms with Gasteiger partial charge in [0.25, 0.3) is 0 Å². The molecule has 0 saturated heterocycles. The van der Waals surface area contributed by atoms with Gasteiger partial charge in [0.05, 0.1) is 17.9 Å². The molecule has 0 saturated carbocycles. The zero-order valence-corrected chi connectivity index (χ0v) is 27.5. The minimum Gasteiger partial charge on any atom is -0.456 e. The van der Waals surface area contributed by atoms with E-state index < -0.39 is 30.2 Å². The van der Waals surface area contributed by atoms with Crippen molar-refractivity contribution in [2.75, 3.05) is 0 Å². The van der Waals surface area contributed by atoms with Crippen molar-refractivity contribution in [2.24, 2.45) is 0 Å². The molecule has 238 valence electrons. The lowest BCUT2D eigenvalue weighted by molar-refractivity contribution is 0.669. The molecule has 7 aromatic carbocycles. The van der Waals surface area contributed by atoms with E-state index in [9.17, 15) is 0 Å². The summed E-state index contributed by atoms with van der Waals surface area (Å²) in [6.07, 6.45) is 0. The monoisotopic (exact) mass is 675 g/mol. The molecule has 4 aromatic heterocycles. The lowest BCUT2D eigenvalue weighted by atomic mass is 9.99. The van der Waals surface area contributed by atoms with Crippen molar-refractivity contribution in [3.63, 3.8) is 0 Å². The van der Waals surface area contributed by atoms with Crippen LogP contribution in [0.4, 0.5) is 0 Å². The average Bonchev–Trinajstić information content (AvgIpc) is 3.91. The highest BCUT2D eigenvalue weighted by molar-refractivity contribution is 7.26. The molecule has 0 aliphatic rings. The smallest absolute Gasteiger partial charge is 0.238 e. The Morgan fingerprint density at radius 3 is 2.18 bits per heavy atom. The van der Waals surface area contributed by atoms with E-state index >= 15 is 0 Å². The Balaban J connectivity index is 1.20. The van der Waals surface area contributed by atoms with Crippen molar-refractivity contribution in [3.05, 3.63) is 158 Å². The summed E-state index contributed by atoms with van der Waals surface area (Å²) in [4.78, 5) is 14.9. The molecule has 0 N–H and O–H groups in total. The van der Waals surface area contributed by atoms with Crippen LogP contribution in [0, 0.1) is 0 Å². The van der Waals surface area contributed by atoms with E-state index in [0.717, 1.165) is 59.4 Å². The number of hydrogen-bond donors (Lipinski definition) is 0. The van der Waals surface area contributed by atoms with Crippen molar-refractivity contribution in [1.82, 2.24) is 19.5 Å². The first-order chi connectivity index (χ1) is 27.4. The summed E-state index contributed by atoms with van der Waals surface area (Å²) in [6.45, 7) is 0. The topological polar surface area (TPSA) is 56.7 Å². The van der Waals surface area contributed by atoms with Gasteiger partial charge in [-0.25, -0.2) is 4.98 Å². The Morgan fingerprint density at radius 2 is 1.29 bits per heavy atom. The van der Waals surface area contributed by atoms with Gasteiger partial charge in [0.2, 0.25) is 5.95 Å². The van der Waals surface area contributed by atoms with E-state index in [0.29, 0.717) is 11.1 Å². The summed E-state index contributed by atoms with van der Waals surface area (Å²) < 4.78 is 53.7. The molecule has 6 heteroatoms. The quantitative estimate of drug-likeness (QED) is 0.186. The zero-order valence-electron chi connectivity index (χ0n) is 31.7. The summed E-state index contributed by atoms with van der Waals surface area (Å²) in [5, 5.41) is 6.35. The van der Waals surface area contributed by atoms with Gasteiger partial charge in [-0.3, -0.25) is 4.57 Å². The highest BCUT2D eigenvalue weighted by Gasteiger charge is 2.21. The van der Waals surface area contributed by atoms with Crippen molar-refractivity contribution in [1.29, 1.82) is 0 Å². The van der Waals surface area contributed by atoms with Gasteiger partial charge in [-0.05, 0) is 47.5 Å². The first kappa shape index (κ1) is 23.7. The number of furan rings is 1. The maximum Gasteiger partial charge on any atom is 0.238 e. The van der Waals surface area contributed by atoms with Crippen LogP contribution in [0.15, 0.2) is 162 Å². The third-order valence-corrected chi connectivity index (χ3v) is 10.8. The maximum atomic E-state index is 8.87. The van der Waals surface area contributed by atoms with Crippen molar-refractivity contribution in [2.45, 2.75) is 0 Å². The number of fused-ring (bicyclic) bond motifs is 10. The van der Waals surface area contributed by atoms with Gasteiger partial charge in [-0.2, -0.15) is 9.97 Å². The van der Waals surface area contributed by atoms with E-state index in [-0.39, 0.29) is 23.2 Å². The zero-order chi connectivity index (χ0) is 37.8. The first-order valence-corrected chi connectivity index (χ1v) is 17.4. The van der Waals surface area contributed by atoms with Gasteiger partial charge in [-0.15, -0.1) is 11.3 Å². The normalized spacial score (nSPS) is 13.3. The highest BCUT2D eigenvalue weighted by Crippen LogP contribution is 2.43. The molecular weight excluding hydrogens is 645 g/mol. The number of thiophene rings is 1. The molecule has 11 rings (SSSR count). The summed E-state index contributed by atoms with van der Waals surface area (Å²) in [5.74, 6) is 0.475. The Morgan fingerprint density at radius 1 is 0.529 bits per heavy atom. The second-order valence-electron chi connectivity index (χ2n) is 12.4. The van der Waals surface area contributed by atoms with Crippen LogP contribution in [0.5, 0.6) is 0 Å². The van der Waals surface area contributed by atoms with Gasteiger partial charge in [-0.1, -0.05) is 121 Å². The summed E-state index contributed by atoms with van der Waals surface area (Å²) in [5.41, 5.74) is 5.75. The van der Waals surface area contributed by atoms with Crippen molar-refractivity contribution >= 4 is 75.3 Å². The SMILES string of the molecule is [2H]c1c([2H])c([2H])c(-c2nc(-c3ccc4c(c3)oc3cccc(-c5ccccc5)c34)nc(-n3c4ccccc4c4c5sc6ccccc6c5ccc43)n2)c([2H])c1[2H]. The third kappa shape index (κ3) is 4.30. The molecule has 0 spiro atoms. The summed E-state index contributed by atoms with van der Waals surface area (Å²) in [6, 6.07) is 40.5. The average molecular weight is 676 g/mol. The standard InChI is InChI=1S/C45H26N4OS/c1-3-12-27(13-4-1)30-18-11-20-37-40(30)34-23-22-29(26-38(34)50-37)44-46-43(28-14-5-2-6-15-28)47-45(48-44)49-35-19-9-7-17-33(35)41-36(49)25-24-32-31-16-8-10-21-39(31)51-42(32)41/h1-26H/i2D,5D,6D,14D,15D. The molecule has 0 fully saturated rings. The van der Waals surface area contributed by atoms with Gasteiger partial charge < -0.3 is 4.42 Å². The van der Waals surface area contributed by atoms with Gasteiger partial charge in [0.1, 0.15) is 11.2 Å². The van der Waals surface area contributed by atoms with E-state index in [1.807, 2.05) is 71.3 Å². The van der Waals surface area contributed by atoms with Crippen LogP contribution in [0.3, 0.4) is 0 Å². The van der Waals surface area contributed by atoms with Gasteiger partial charge in [0.15, 0.2) is 11.6 Å². The molecule has 5 nitrogen and oxygen atoms in total. The van der Waals surface area contributed by atoms with E-state index in [1.165, 1.54) is 10.1 Å². The fourth-order valence-corrected chi connectivity index (χ4v) is 8.60. The van der Waals surface area contributed by atoms with E-state index in [4.69, 9.17) is 26.2 Å². The van der Waals surface area contributed by atoms with Crippen molar-refractivity contribution in [3.8, 4) is 39.9 Å². The minimum absolute atomic E-state index is 0.0352. The number of benzene rings is 7. The van der Waals surface area contributed by atoms with Gasteiger partial charge >= 0.3 is 0 Å². The molecule has 51 heavy (non-hydrogen) atoms. The fourth-order valence-electron chi connectivity index (χ4n) is 7.34. The van der Waals surface area contributed by atoms with Crippen LogP contribution in [0.1, 0.15) is 6.85 Å². The van der Waals surface area contributed by atoms with Crippen molar-refractivity contribution < 1.29 is 11.3 Å². The van der Waals surface area contributed by atoms with E-state index in [1.54, 1.807) is 11.3 Å². The lowest BCUT2D eigenvalue weighted by Gasteiger charge is -2.11. The molecule has 0 aliphatic heterocycles. The van der Waals surface area contributed by atoms with Crippen LogP contribution in [0.2, 0.25) is 0 Å². The van der Waals surface area contributed by atoms with Gasteiger partial charge in [0, 0.05) is 52.8 Å². The molecule has 0 radical (unpaired) electrons. The molecule has 11 aromatic rings. The Kier molecular flexibility index (Phi) is 5.08. The Labute approximate surface area is 302 Å². The van der Waals surface area contributed by atoms with Crippen LogP contribution in [-0.2, 0) is 0 Å². The summed E-state index contributed by atoms with van der Waals surface area (Å²) in [7, 11) is 0. The van der Waals surface area contributed by atoms with Crippen LogP contribution in [0.25, 0.3) is 104 Å². The molecule has 0 atom stereocenters. The minimum atomic E-state index is -0.488. The van der Waals surface area contributed by atoms with Crippen LogP contribution in [-0.4, -0.2) is 19.5 Å². The Hall–Kier alpha value is -6.63. The highest BCUT2D eigenvalue weighted by atomic mass is 32.1. The molecule has 4 heterocycles. The predicted octanol–water partition coefficient (Wildman–Crippen LogP) is 12.2. The fraction of sp³-hybridized carbons (Fsp3) is 0. The number of aromatic nitrogens is 4. The molecule has 0 aliphatic carbocycles. The van der Waals surface area contributed by atoms with Crippen LogP contribution < -0.4 is 0 Å². The second-order valence-corrected chi connectivity index (χ2v) is 13.5. The Bertz CT molecular complexity index is 3420. The van der Waals surface area contributed by atoms with Crippen LogP contribution >= 0.6 is 11.3 Å². The second kappa shape index (κ2) is 10.9. The molecule has 0 unspecified atom stereocenters. The number of nitrogens with zero attached hydrogens (tertiary/aromatic N) is 4. The molecular formula is C45H26N4OS.